The van der Waals surface area contributed by atoms with Crippen molar-refractivity contribution in [2.45, 2.75) is 18.5 Å². The molecule has 0 saturated carbocycles. The molecule has 1 atom stereocenters. The SMILES string of the molecule is NC(=O)C(Cc1cccnc1)(NCc1cccnc1)c1c(Cl)cccc1Cl. The molecule has 7 heteroatoms. The first-order valence-electron chi connectivity index (χ1n) is 8.30. The lowest BCUT2D eigenvalue weighted by Crippen LogP contribution is -2.54. The van der Waals surface area contributed by atoms with Crippen molar-refractivity contribution in [2.24, 2.45) is 5.73 Å². The first-order valence-corrected chi connectivity index (χ1v) is 9.06. The van der Waals surface area contributed by atoms with Crippen LogP contribution in [0.15, 0.2) is 67.3 Å². The maximum absolute atomic E-state index is 12.8. The minimum absolute atomic E-state index is 0.250. The Balaban J connectivity index is 2.09. The topological polar surface area (TPSA) is 80.9 Å². The van der Waals surface area contributed by atoms with Gasteiger partial charge in [-0.05, 0) is 35.4 Å². The summed E-state index contributed by atoms with van der Waals surface area (Å²) in [4.78, 5) is 21.0. The smallest absolute Gasteiger partial charge is 0.242 e. The molecule has 3 rings (SSSR count). The second kappa shape index (κ2) is 8.48. The van der Waals surface area contributed by atoms with Gasteiger partial charge in [-0.3, -0.25) is 20.1 Å². The Hall–Kier alpha value is -2.47. The number of carbonyl (C=O) groups excluding carboxylic acids is 1. The summed E-state index contributed by atoms with van der Waals surface area (Å²) in [6, 6.07) is 12.5. The predicted octanol–water partition coefficient (Wildman–Crippen LogP) is 3.50. The number of hydrogen-bond donors (Lipinski definition) is 2. The van der Waals surface area contributed by atoms with Gasteiger partial charge in [0.15, 0.2) is 0 Å². The molecule has 0 radical (unpaired) electrons. The fourth-order valence-corrected chi connectivity index (χ4v) is 3.73. The fourth-order valence-electron chi connectivity index (χ4n) is 3.01. The van der Waals surface area contributed by atoms with E-state index in [-0.39, 0.29) is 6.42 Å². The second-order valence-corrected chi connectivity index (χ2v) is 6.93. The summed E-state index contributed by atoms with van der Waals surface area (Å²) in [5.74, 6) is -0.578. The molecule has 2 aromatic heterocycles. The van der Waals surface area contributed by atoms with Crippen molar-refractivity contribution in [1.82, 2.24) is 15.3 Å². The van der Waals surface area contributed by atoms with Gasteiger partial charge < -0.3 is 5.73 Å². The molecule has 0 fully saturated rings. The third kappa shape index (κ3) is 4.27. The molecule has 0 saturated heterocycles. The van der Waals surface area contributed by atoms with Crippen LogP contribution in [0.1, 0.15) is 16.7 Å². The van der Waals surface area contributed by atoms with Crippen molar-refractivity contribution in [3.8, 4) is 0 Å². The van der Waals surface area contributed by atoms with Gasteiger partial charge in [-0.15, -0.1) is 0 Å². The number of amides is 1. The van der Waals surface area contributed by atoms with E-state index in [0.717, 1.165) is 11.1 Å². The van der Waals surface area contributed by atoms with Gasteiger partial charge in [0.2, 0.25) is 5.91 Å². The minimum Gasteiger partial charge on any atom is -0.368 e. The van der Waals surface area contributed by atoms with Gasteiger partial charge in [0, 0.05) is 53.4 Å². The summed E-state index contributed by atoms with van der Waals surface area (Å²) < 4.78 is 0. The number of carbonyl (C=O) groups is 1. The number of nitrogens with two attached hydrogens (primary N) is 1. The first kappa shape index (κ1) is 19.3. The van der Waals surface area contributed by atoms with Crippen LogP contribution < -0.4 is 11.1 Å². The minimum atomic E-state index is -1.31. The van der Waals surface area contributed by atoms with E-state index in [1.807, 2.05) is 18.2 Å². The van der Waals surface area contributed by atoms with E-state index < -0.39 is 11.4 Å². The van der Waals surface area contributed by atoms with Crippen LogP contribution in [0.2, 0.25) is 10.0 Å². The zero-order valence-electron chi connectivity index (χ0n) is 14.4. The monoisotopic (exact) mass is 400 g/mol. The number of primary amides is 1. The van der Waals surface area contributed by atoms with Crippen molar-refractivity contribution in [3.63, 3.8) is 0 Å². The molecule has 0 spiro atoms. The second-order valence-electron chi connectivity index (χ2n) is 6.12. The quantitative estimate of drug-likeness (QED) is 0.635. The summed E-state index contributed by atoms with van der Waals surface area (Å²) in [6.45, 7) is 0.360. The molecule has 1 amide bonds. The Morgan fingerprint density at radius 1 is 0.963 bits per heavy atom. The molecule has 0 bridgehead atoms. The molecule has 1 unspecified atom stereocenters. The lowest BCUT2D eigenvalue weighted by Gasteiger charge is -2.34. The van der Waals surface area contributed by atoms with E-state index in [2.05, 4.69) is 15.3 Å². The Bertz CT molecular complexity index is 902. The van der Waals surface area contributed by atoms with Crippen LogP contribution in [0.4, 0.5) is 0 Å². The van der Waals surface area contributed by atoms with Crippen LogP contribution in [-0.2, 0) is 23.3 Å². The molecule has 3 N–H and O–H groups in total. The van der Waals surface area contributed by atoms with Gasteiger partial charge in [0.05, 0.1) is 0 Å². The van der Waals surface area contributed by atoms with Gasteiger partial charge in [-0.2, -0.15) is 0 Å². The summed E-state index contributed by atoms with van der Waals surface area (Å²) >= 11 is 12.9. The van der Waals surface area contributed by atoms with E-state index in [9.17, 15) is 4.79 Å². The molecule has 0 aliphatic rings. The van der Waals surface area contributed by atoms with Crippen LogP contribution in [0.3, 0.4) is 0 Å². The predicted molar refractivity (Wildman–Crippen MR) is 106 cm³/mol. The lowest BCUT2D eigenvalue weighted by atomic mass is 9.82. The number of nitrogens with zero attached hydrogens (tertiary/aromatic N) is 2. The number of pyridine rings is 2. The maximum Gasteiger partial charge on any atom is 0.242 e. The molecule has 1 aromatic carbocycles. The molecule has 5 nitrogen and oxygen atoms in total. The van der Waals surface area contributed by atoms with E-state index in [0.29, 0.717) is 22.2 Å². The Kier molecular flexibility index (Phi) is 6.06. The molecular formula is C20H18Cl2N4O. The van der Waals surface area contributed by atoms with Crippen LogP contribution in [0.5, 0.6) is 0 Å². The van der Waals surface area contributed by atoms with Crippen molar-refractivity contribution in [3.05, 3.63) is 94.0 Å². The zero-order valence-corrected chi connectivity index (χ0v) is 15.9. The van der Waals surface area contributed by atoms with Gasteiger partial charge >= 0.3 is 0 Å². The van der Waals surface area contributed by atoms with Crippen LogP contribution >= 0.6 is 23.2 Å². The third-order valence-corrected chi connectivity index (χ3v) is 4.95. The average Bonchev–Trinajstić information content (AvgIpc) is 2.67. The molecule has 0 aliphatic carbocycles. The van der Waals surface area contributed by atoms with E-state index in [1.165, 1.54) is 0 Å². The number of halogens is 2. The van der Waals surface area contributed by atoms with Crippen molar-refractivity contribution < 1.29 is 4.79 Å². The summed E-state index contributed by atoms with van der Waals surface area (Å²) in [6.07, 6.45) is 7.01. The molecular weight excluding hydrogens is 383 g/mol. The summed E-state index contributed by atoms with van der Waals surface area (Å²) in [7, 11) is 0. The first-order chi connectivity index (χ1) is 13.0. The Morgan fingerprint density at radius 2 is 1.56 bits per heavy atom. The lowest BCUT2D eigenvalue weighted by molar-refractivity contribution is -0.125. The van der Waals surface area contributed by atoms with Crippen molar-refractivity contribution in [1.29, 1.82) is 0 Å². The van der Waals surface area contributed by atoms with Crippen molar-refractivity contribution in [2.75, 3.05) is 0 Å². The molecule has 138 valence electrons. The van der Waals surface area contributed by atoms with Crippen molar-refractivity contribution >= 4 is 29.1 Å². The highest BCUT2D eigenvalue weighted by Gasteiger charge is 2.41. The standard InChI is InChI=1S/C20H18Cl2N4O/c21-16-6-1-7-17(22)18(16)20(19(23)27,10-14-4-2-8-24-11-14)26-13-15-5-3-9-25-12-15/h1-9,11-12,26H,10,13H2,(H2,23,27). The Morgan fingerprint density at radius 3 is 2.07 bits per heavy atom. The van der Waals surface area contributed by atoms with Gasteiger partial charge in [0.25, 0.3) is 0 Å². The molecule has 0 aliphatic heterocycles. The normalized spacial score (nSPS) is 13.1. The van der Waals surface area contributed by atoms with Gasteiger partial charge in [0.1, 0.15) is 5.54 Å². The molecule has 3 aromatic rings. The average molecular weight is 401 g/mol. The maximum atomic E-state index is 12.8. The molecule has 2 heterocycles. The van der Waals surface area contributed by atoms with Crippen LogP contribution in [-0.4, -0.2) is 15.9 Å². The molecule has 27 heavy (non-hydrogen) atoms. The highest BCUT2D eigenvalue weighted by Crippen LogP contribution is 2.37. The number of aromatic nitrogens is 2. The number of nitrogens with one attached hydrogen (secondary N) is 1. The number of rotatable bonds is 7. The largest absolute Gasteiger partial charge is 0.368 e. The Labute approximate surface area is 167 Å². The van der Waals surface area contributed by atoms with E-state index >= 15 is 0 Å². The van der Waals surface area contributed by atoms with Gasteiger partial charge in [-0.1, -0.05) is 41.4 Å². The van der Waals surface area contributed by atoms with E-state index in [1.54, 1.807) is 49.1 Å². The highest BCUT2D eigenvalue weighted by atomic mass is 35.5. The summed E-state index contributed by atoms with van der Waals surface area (Å²) in [5.41, 5.74) is 6.77. The zero-order chi connectivity index (χ0) is 19.3. The highest BCUT2D eigenvalue weighted by molar-refractivity contribution is 6.36. The van der Waals surface area contributed by atoms with E-state index in [4.69, 9.17) is 28.9 Å². The van der Waals surface area contributed by atoms with Crippen LogP contribution in [0.25, 0.3) is 0 Å². The summed E-state index contributed by atoms with van der Waals surface area (Å²) in [5, 5.41) is 4.01. The fraction of sp³-hybridized carbons (Fsp3) is 0.150. The van der Waals surface area contributed by atoms with Gasteiger partial charge in [-0.25, -0.2) is 0 Å². The third-order valence-electron chi connectivity index (χ3n) is 4.32. The number of benzene rings is 1. The van der Waals surface area contributed by atoms with Crippen LogP contribution in [0, 0.1) is 0 Å². The number of hydrogen-bond acceptors (Lipinski definition) is 4.